The molecule has 2 heterocycles. The number of hydrogen-bond donors (Lipinski definition) is 2. The number of hydrogen-bond acceptors (Lipinski definition) is 4. The van der Waals surface area contributed by atoms with Gasteiger partial charge in [-0.1, -0.05) is 121 Å². The monoisotopic (exact) mass is 640 g/mol. The molecule has 0 atom stereocenters. The summed E-state index contributed by atoms with van der Waals surface area (Å²) in [6, 6.07) is 47.6. The van der Waals surface area contributed by atoms with Crippen LogP contribution in [-0.2, 0) is 11.1 Å². The third kappa shape index (κ3) is 4.71. The Bertz CT molecular complexity index is 1800. The Balaban J connectivity index is 1.23. The maximum atomic E-state index is 14.3. The van der Waals surface area contributed by atoms with Gasteiger partial charge in [0.05, 0.1) is 11.1 Å². The fraction of sp³-hybridized carbons (Fsp3) is 0.100. The van der Waals surface area contributed by atoms with E-state index in [1.807, 2.05) is 24.3 Å². The molecule has 0 saturated heterocycles. The number of benzene rings is 6. The second-order valence-electron chi connectivity index (χ2n) is 11.6. The highest BCUT2D eigenvalue weighted by atomic mass is 32.2. The van der Waals surface area contributed by atoms with E-state index in [1.54, 1.807) is 47.8 Å². The summed E-state index contributed by atoms with van der Waals surface area (Å²) >= 11 is 3.53. The summed E-state index contributed by atoms with van der Waals surface area (Å²) in [7, 11) is 0. The van der Waals surface area contributed by atoms with E-state index in [0.717, 1.165) is 33.4 Å². The van der Waals surface area contributed by atoms with E-state index in [1.165, 1.54) is 19.6 Å². The molecule has 8 rings (SSSR count). The molecule has 0 spiro atoms. The molecule has 2 nitrogen and oxygen atoms in total. The van der Waals surface area contributed by atoms with Crippen molar-refractivity contribution in [3.8, 4) is 0 Å². The fourth-order valence-corrected chi connectivity index (χ4v) is 9.48. The molecule has 6 aromatic carbocycles. The van der Waals surface area contributed by atoms with Crippen LogP contribution in [0.25, 0.3) is 0 Å². The van der Waals surface area contributed by atoms with Gasteiger partial charge in [-0.05, 0) is 81.9 Å². The standard InChI is InChI=1S/C40H30F2N2S2/c41-29-21-17-27(18-22-29)39(31-9-1-5-13-35(31)45-36-14-6-2-10-32(36)39)43-25-26-44-40(28-19-23-30(42)24-20-28)33-11-3-7-15-37(33)46-38-16-8-4-12-34(38)40/h1-24,43-44H,25-26H2. The summed E-state index contributed by atoms with van der Waals surface area (Å²) in [5.74, 6) is -0.526. The van der Waals surface area contributed by atoms with Crippen molar-refractivity contribution in [1.29, 1.82) is 0 Å². The van der Waals surface area contributed by atoms with Gasteiger partial charge in [0.25, 0.3) is 0 Å². The van der Waals surface area contributed by atoms with E-state index in [9.17, 15) is 8.78 Å². The van der Waals surface area contributed by atoms with Crippen molar-refractivity contribution in [3.63, 3.8) is 0 Å². The molecule has 0 aliphatic carbocycles. The van der Waals surface area contributed by atoms with E-state index < -0.39 is 11.1 Å². The topological polar surface area (TPSA) is 24.1 Å². The molecule has 2 N–H and O–H groups in total. The van der Waals surface area contributed by atoms with Gasteiger partial charge in [-0.3, -0.25) is 10.6 Å². The molecule has 6 aromatic rings. The van der Waals surface area contributed by atoms with Gasteiger partial charge in [0.15, 0.2) is 0 Å². The Kier molecular flexibility index (Phi) is 7.54. The molecule has 2 aliphatic heterocycles. The molecular weight excluding hydrogens is 611 g/mol. The second kappa shape index (κ2) is 11.9. The molecule has 0 unspecified atom stereocenters. The minimum atomic E-state index is -0.699. The Labute approximate surface area is 276 Å². The van der Waals surface area contributed by atoms with Crippen molar-refractivity contribution in [3.05, 3.63) is 191 Å². The normalized spacial score (nSPS) is 15.3. The molecule has 6 heteroatoms. The number of rotatable bonds is 7. The number of nitrogens with one attached hydrogen (secondary N) is 2. The van der Waals surface area contributed by atoms with Crippen molar-refractivity contribution in [2.45, 2.75) is 30.7 Å². The first-order valence-electron chi connectivity index (χ1n) is 15.4. The Morgan fingerprint density at radius 3 is 0.978 bits per heavy atom. The summed E-state index contributed by atoms with van der Waals surface area (Å²) in [5, 5.41) is 7.97. The van der Waals surface area contributed by atoms with E-state index in [2.05, 4.69) is 108 Å². The van der Waals surface area contributed by atoms with Gasteiger partial charge < -0.3 is 0 Å². The lowest BCUT2D eigenvalue weighted by atomic mass is 9.76. The zero-order chi connectivity index (χ0) is 31.1. The highest BCUT2D eigenvalue weighted by molar-refractivity contribution is 7.99. The first-order chi connectivity index (χ1) is 22.6. The first-order valence-corrected chi connectivity index (χ1v) is 17.0. The van der Waals surface area contributed by atoms with Crippen molar-refractivity contribution >= 4 is 23.5 Å². The van der Waals surface area contributed by atoms with Crippen molar-refractivity contribution in [1.82, 2.24) is 10.6 Å². The van der Waals surface area contributed by atoms with E-state index >= 15 is 0 Å². The van der Waals surface area contributed by atoms with Crippen molar-refractivity contribution in [2.24, 2.45) is 0 Å². The molecule has 46 heavy (non-hydrogen) atoms. The van der Waals surface area contributed by atoms with Crippen LogP contribution in [0.1, 0.15) is 33.4 Å². The highest BCUT2D eigenvalue weighted by Crippen LogP contribution is 2.52. The van der Waals surface area contributed by atoms with Crippen LogP contribution in [0.5, 0.6) is 0 Å². The molecule has 0 amide bonds. The van der Waals surface area contributed by atoms with Crippen molar-refractivity contribution in [2.75, 3.05) is 13.1 Å². The lowest BCUT2D eigenvalue weighted by Gasteiger charge is -2.44. The number of halogens is 2. The third-order valence-corrected chi connectivity index (χ3v) is 11.4. The third-order valence-electron chi connectivity index (χ3n) is 9.06. The van der Waals surface area contributed by atoms with Crippen LogP contribution in [0, 0.1) is 11.6 Å². The van der Waals surface area contributed by atoms with Crippen LogP contribution in [0.4, 0.5) is 8.78 Å². The predicted molar refractivity (Wildman–Crippen MR) is 183 cm³/mol. The fourth-order valence-electron chi connectivity index (χ4n) is 7.10. The van der Waals surface area contributed by atoms with Gasteiger partial charge in [-0.15, -0.1) is 0 Å². The molecule has 2 aliphatic rings. The lowest BCUT2D eigenvalue weighted by molar-refractivity contribution is 0.407. The number of fused-ring (bicyclic) bond motifs is 4. The second-order valence-corrected chi connectivity index (χ2v) is 13.7. The van der Waals surface area contributed by atoms with Crippen LogP contribution in [-0.4, -0.2) is 13.1 Å². The predicted octanol–water partition coefficient (Wildman–Crippen LogP) is 9.36. The molecule has 0 aromatic heterocycles. The lowest BCUT2D eigenvalue weighted by Crippen LogP contribution is -2.52. The van der Waals surface area contributed by atoms with E-state index in [4.69, 9.17) is 0 Å². The van der Waals surface area contributed by atoms with E-state index in [0.29, 0.717) is 13.1 Å². The van der Waals surface area contributed by atoms with Gasteiger partial charge in [-0.25, -0.2) is 8.78 Å². The first kappa shape index (κ1) is 29.2. The molecule has 226 valence electrons. The van der Waals surface area contributed by atoms with Crippen molar-refractivity contribution < 1.29 is 8.78 Å². The quantitative estimate of drug-likeness (QED) is 0.170. The Morgan fingerprint density at radius 2 is 0.674 bits per heavy atom. The average Bonchev–Trinajstić information content (AvgIpc) is 3.10. The summed E-state index contributed by atoms with van der Waals surface area (Å²) in [6.45, 7) is 1.18. The molecule has 0 fully saturated rings. The Hall–Kier alpha value is -4.20. The maximum absolute atomic E-state index is 14.3. The van der Waals surface area contributed by atoms with Gasteiger partial charge in [0, 0.05) is 32.7 Å². The van der Waals surface area contributed by atoms with Gasteiger partial charge in [-0.2, -0.15) is 0 Å². The summed E-state index contributed by atoms with van der Waals surface area (Å²) in [6.07, 6.45) is 0. The van der Waals surface area contributed by atoms with Crippen LogP contribution in [0.2, 0.25) is 0 Å². The van der Waals surface area contributed by atoms with Gasteiger partial charge >= 0.3 is 0 Å². The molecule has 0 saturated carbocycles. The summed E-state index contributed by atoms with van der Waals surface area (Å²) < 4.78 is 28.6. The zero-order valence-corrected chi connectivity index (χ0v) is 26.5. The van der Waals surface area contributed by atoms with Crippen LogP contribution < -0.4 is 10.6 Å². The van der Waals surface area contributed by atoms with E-state index in [-0.39, 0.29) is 11.6 Å². The minimum Gasteiger partial charge on any atom is -0.299 e. The summed E-state index contributed by atoms with van der Waals surface area (Å²) in [5.41, 5.74) is 5.13. The minimum absolute atomic E-state index is 0.263. The molecule has 0 bridgehead atoms. The highest BCUT2D eigenvalue weighted by Gasteiger charge is 2.44. The smallest absolute Gasteiger partial charge is 0.123 e. The zero-order valence-electron chi connectivity index (χ0n) is 24.8. The largest absolute Gasteiger partial charge is 0.299 e. The van der Waals surface area contributed by atoms with Gasteiger partial charge in [0.2, 0.25) is 0 Å². The average molecular weight is 641 g/mol. The summed E-state index contributed by atoms with van der Waals surface area (Å²) in [4.78, 5) is 4.67. The Morgan fingerprint density at radius 1 is 0.391 bits per heavy atom. The molecular formula is C40H30F2N2S2. The van der Waals surface area contributed by atoms with Crippen LogP contribution >= 0.6 is 23.5 Å². The van der Waals surface area contributed by atoms with Crippen LogP contribution in [0.3, 0.4) is 0 Å². The SMILES string of the molecule is Fc1ccc(C2(NCCNC3(c4ccc(F)cc4)c4ccccc4Sc4ccccc43)c3ccccc3Sc3ccccc32)cc1. The maximum Gasteiger partial charge on any atom is 0.123 e. The molecule has 0 radical (unpaired) electrons. The van der Waals surface area contributed by atoms with Crippen LogP contribution in [0.15, 0.2) is 165 Å². The van der Waals surface area contributed by atoms with Gasteiger partial charge in [0.1, 0.15) is 11.6 Å².